The first-order chi connectivity index (χ1) is 34.5. The summed E-state index contributed by atoms with van der Waals surface area (Å²) in [6, 6.07) is 40.8. The van der Waals surface area contributed by atoms with E-state index >= 15 is 0 Å². The molecule has 6 N–H and O–H groups in total. The van der Waals surface area contributed by atoms with Crippen LogP contribution in [0.25, 0.3) is 22.0 Å². The van der Waals surface area contributed by atoms with Crippen molar-refractivity contribution < 1.29 is 28.7 Å². The van der Waals surface area contributed by atoms with Gasteiger partial charge in [-0.05, 0) is 102 Å². The van der Waals surface area contributed by atoms with Crippen LogP contribution in [0.2, 0.25) is 18.1 Å². The number of benzene rings is 5. The fourth-order valence-electron chi connectivity index (χ4n) is 8.85. The molecule has 380 valence electrons. The van der Waals surface area contributed by atoms with E-state index in [2.05, 4.69) is 96.2 Å². The first-order valence-electron chi connectivity index (χ1n) is 25.3. The Hall–Kier alpha value is -6.58. The van der Waals surface area contributed by atoms with Crippen LogP contribution >= 0.6 is 0 Å². The van der Waals surface area contributed by atoms with Gasteiger partial charge in [0.25, 0.3) is 0 Å². The third kappa shape index (κ3) is 15.2. The zero-order chi connectivity index (χ0) is 51.3. The van der Waals surface area contributed by atoms with Gasteiger partial charge in [-0.25, -0.2) is 4.79 Å². The number of aromatic hydroxyl groups is 1. The number of likely N-dealkylation sites (tertiary alicyclic amines) is 1. The average molecular weight is 993 g/mol. The predicted octanol–water partition coefficient (Wildman–Crippen LogP) is 9.81. The van der Waals surface area contributed by atoms with Gasteiger partial charge in [0.15, 0.2) is 8.32 Å². The standard InChI is InChI=1S/C58H72N6O7Si/c1-40(60-39-52(71-72(5,6)58(2,3)4)48-23-25-51(65)56-49(48)24-26-54(67)63-56)35-44-14-12-13-41(36-44)27-31-59-55(68)37-42-19-21-43(22-20-42)38-61-53(66)30-34-64-32-28-46(29-33-64)70-57(69)62-50-18-11-10-17-47(50)45-15-8-7-9-16-45/h7-26,36,40,46,52,60,65H,27-35,37-39H2,1-6H3,(H,59,68)(H,61,66)(H,62,69)(H,63,67)/t40-,52+/m1/s1. The summed E-state index contributed by atoms with van der Waals surface area (Å²) in [6.45, 7) is 16.9. The number of nitrogens with zero attached hydrogens (tertiary/aromatic N) is 1. The molecule has 7 rings (SSSR count). The summed E-state index contributed by atoms with van der Waals surface area (Å²) < 4.78 is 12.8. The van der Waals surface area contributed by atoms with Gasteiger partial charge in [0.2, 0.25) is 17.4 Å². The molecule has 5 aromatic carbocycles. The fourth-order valence-corrected chi connectivity index (χ4v) is 10.1. The lowest BCUT2D eigenvalue weighted by molar-refractivity contribution is -0.122. The highest BCUT2D eigenvalue weighted by molar-refractivity contribution is 6.74. The van der Waals surface area contributed by atoms with Gasteiger partial charge in [0.05, 0.1) is 23.7 Å². The number of anilines is 1. The summed E-state index contributed by atoms with van der Waals surface area (Å²) in [4.78, 5) is 55.7. The Bertz CT molecular complexity index is 2820. The summed E-state index contributed by atoms with van der Waals surface area (Å²) in [5.41, 5.74) is 7.92. The molecule has 14 heteroatoms. The molecule has 1 aliphatic rings. The highest BCUT2D eigenvalue weighted by Crippen LogP contribution is 2.41. The van der Waals surface area contributed by atoms with Crippen molar-refractivity contribution in [3.63, 3.8) is 0 Å². The van der Waals surface area contributed by atoms with Gasteiger partial charge in [-0.1, -0.05) is 124 Å². The number of piperidine rings is 1. The number of pyridine rings is 1. The van der Waals surface area contributed by atoms with Crippen LogP contribution in [0.5, 0.6) is 5.75 Å². The molecular formula is C58H72N6O7Si. The van der Waals surface area contributed by atoms with Crippen LogP contribution in [0.1, 0.15) is 80.9 Å². The predicted molar refractivity (Wildman–Crippen MR) is 290 cm³/mol. The van der Waals surface area contributed by atoms with Crippen LogP contribution in [-0.2, 0) is 44.6 Å². The number of aromatic nitrogens is 1. The van der Waals surface area contributed by atoms with E-state index in [0.29, 0.717) is 63.1 Å². The van der Waals surface area contributed by atoms with Gasteiger partial charge in [-0.3, -0.25) is 19.7 Å². The molecule has 1 aromatic heterocycles. The van der Waals surface area contributed by atoms with Crippen molar-refractivity contribution in [3.05, 3.63) is 166 Å². The maximum atomic E-state index is 12.9. The molecule has 0 bridgehead atoms. The minimum absolute atomic E-state index is 0.0193. The second kappa shape index (κ2) is 24.7. The third-order valence-corrected chi connectivity index (χ3v) is 18.5. The number of hydrogen-bond donors (Lipinski definition) is 6. The van der Waals surface area contributed by atoms with Gasteiger partial charge in [-0.2, -0.15) is 0 Å². The Kier molecular flexibility index (Phi) is 18.3. The van der Waals surface area contributed by atoms with E-state index in [1.54, 1.807) is 12.1 Å². The van der Waals surface area contributed by atoms with Gasteiger partial charge in [-0.15, -0.1) is 0 Å². The number of ether oxygens (including phenoxy) is 1. The number of carbonyl (C=O) groups excluding carboxylic acids is 3. The van der Waals surface area contributed by atoms with Crippen LogP contribution in [0.4, 0.5) is 10.5 Å². The molecule has 0 spiro atoms. The first-order valence-corrected chi connectivity index (χ1v) is 28.2. The molecule has 13 nitrogen and oxygen atoms in total. The quantitative estimate of drug-likeness (QED) is 0.0384. The largest absolute Gasteiger partial charge is 0.506 e. The van der Waals surface area contributed by atoms with Crippen molar-refractivity contribution in [3.8, 4) is 16.9 Å². The smallest absolute Gasteiger partial charge is 0.411 e. The van der Waals surface area contributed by atoms with Crippen LogP contribution < -0.4 is 26.8 Å². The lowest BCUT2D eigenvalue weighted by atomic mass is 10.0. The summed E-state index contributed by atoms with van der Waals surface area (Å²) in [5, 5.41) is 24.1. The number of rotatable bonds is 21. The highest BCUT2D eigenvalue weighted by Gasteiger charge is 2.40. The van der Waals surface area contributed by atoms with Crippen molar-refractivity contribution in [2.24, 2.45) is 0 Å². The summed E-state index contributed by atoms with van der Waals surface area (Å²) in [7, 11) is -2.22. The van der Waals surface area contributed by atoms with Gasteiger partial charge in [0.1, 0.15) is 11.9 Å². The maximum absolute atomic E-state index is 12.9. The lowest BCUT2D eigenvalue weighted by Crippen LogP contribution is -2.44. The molecule has 6 aromatic rings. The SMILES string of the molecule is C[C@H](Cc1cccc(CCNC(=O)Cc2ccc(CNC(=O)CCN3CCC(OC(=O)Nc4ccccc4-c4ccccc4)CC3)cc2)c1)NC[C@H](O[Si](C)(C)C(C)(C)C)c1ccc(O)c2[nH]c(=O)ccc12. The molecule has 0 unspecified atom stereocenters. The molecule has 0 aliphatic carbocycles. The van der Waals surface area contributed by atoms with E-state index in [-0.39, 0.29) is 52.8 Å². The molecule has 3 amide bonds. The molecule has 72 heavy (non-hydrogen) atoms. The number of carbonyl (C=O) groups is 3. The average Bonchev–Trinajstić information content (AvgIpc) is 3.35. The summed E-state index contributed by atoms with van der Waals surface area (Å²) >= 11 is 0. The van der Waals surface area contributed by atoms with Gasteiger partial charge < -0.3 is 40.1 Å². The van der Waals surface area contributed by atoms with Crippen LogP contribution in [0.15, 0.2) is 132 Å². The van der Waals surface area contributed by atoms with E-state index in [0.717, 1.165) is 58.3 Å². The van der Waals surface area contributed by atoms with Gasteiger partial charge in [0, 0.05) is 68.7 Å². The van der Waals surface area contributed by atoms with Gasteiger partial charge >= 0.3 is 6.09 Å². The van der Waals surface area contributed by atoms with Crippen molar-refractivity contribution in [1.29, 1.82) is 0 Å². The number of aromatic amines is 1. The number of para-hydroxylation sites is 1. The minimum Gasteiger partial charge on any atom is -0.506 e. The monoisotopic (exact) mass is 993 g/mol. The Morgan fingerprint density at radius 3 is 2.26 bits per heavy atom. The second-order valence-corrected chi connectivity index (χ2v) is 25.3. The molecule has 1 aliphatic heterocycles. The Balaban J connectivity index is 0.784. The van der Waals surface area contributed by atoms with Crippen molar-refractivity contribution in [1.82, 2.24) is 25.8 Å². The second-order valence-electron chi connectivity index (χ2n) is 20.6. The number of hydrogen-bond acceptors (Lipinski definition) is 9. The number of H-pyrrole nitrogens is 1. The number of nitrogens with one attached hydrogen (secondary N) is 5. The zero-order valence-electron chi connectivity index (χ0n) is 42.7. The highest BCUT2D eigenvalue weighted by atomic mass is 28.4. The minimum atomic E-state index is -2.22. The van der Waals surface area contributed by atoms with E-state index in [1.807, 2.05) is 84.9 Å². The van der Waals surface area contributed by atoms with E-state index in [9.17, 15) is 24.3 Å². The van der Waals surface area contributed by atoms with E-state index in [1.165, 1.54) is 11.6 Å². The molecule has 0 saturated carbocycles. The lowest BCUT2D eigenvalue weighted by Gasteiger charge is -2.40. The van der Waals surface area contributed by atoms with E-state index < -0.39 is 14.4 Å². The molecular weight excluding hydrogens is 921 g/mol. The number of phenolic OH excluding ortho intramolecular Hbond substituents is 1. The Morgan fingerprint density at radius 2 is 1.51 bits per heavy atom. The summed E-state index contributed by atoms with van der Waals surface area (Å²) in [5.74, 6) is -0.0425. The van der Waals surface area contributed by atoms with Crippen LogP contribution in [-0.4, -0.2) is 86.1 Å². The van der Waals surface area contributed by atoms with Crippen molar-refractivity contribution in [2.45, 2.75) is 109 Å². The number of amides is 3. The van der Waals surface area contributed by atoms with Crippen molar-refractivity contribution in [2.75, 3.05) is 38.0 Å². The number of phenols is 1. The van der Waals surface area contributed by atoms with Crippen molar-refractivity contribution >= 4 is 42.8 Å². The molecule has 2 heterocycles. The third-order valence-electron chi connectivity index (χ3n) is 14.0. The van der Waals surface area contributed by atoms with Crippen LogP contribution in [0, 0.1) is 0 Å². The molecule has 0 radical (unpaired) electrons. The first kappa shape index (κ1) is 53.2. The molecule has 1 fully saturated rings. The summed E-state index contributed by atoms with van der Waals surface area (Å²) in [6.07, 6.45) is 2.61. The normalized spacial score (nSPS) is 14.4. The number of fused-ring (bicyclic) bond motifs is 1. The molecule has 1 saturated heterocycles. The van der Waals surface area contributed by atoms with Crippen LogP contribution in [0.3, 0.4) is 0 Å². The topological polar surface area (TPSA) is 174 Å². The maximum Gasteiger partial charge on any atom is 0.411 e. The Morgan fingerprint density at radius 1 is 0.806 bits per heavy atom. The fraction of sp³-hybridized carbons (Fsp3) is 0.379. The molecule has 2 atom stereocenters. The van der Waals surface area contributed by atoms with E-state index in [4.69, 9.17) is 9.16 Å². The zero-order valence-corrected chi connectivity index (χ0v) is 43.7. The Labute approximate surface area is 425 Å².